The molecule has 1 aromatic heterocycles. The highest BCUT2D eigenvalue weighted by Crippen LogP contribution is 2.16. The molecule has 0 saturated carbocycles. The normalized spacial score (nSPS) is 16.5. The predicted molar refractivity (Wildman–Crippen MR) is 57.1 cm³/mol. The Bertz CT molecular complexity index is 360. The van der Waals surface area contributed by atoms with Crippen LogP contribution in [-0.4, -0.2) is 42.2 Å². The van der Waals surface area contributed by atoms with Crippen molar-refractivity contribution >= 4 is 11.6 Å². The first-order valence-electron chi connectivity index (χ1n) is 5.07. The van der Waals surface area contributed by atoms with Gasteiger partial charge in [-0.15, -0.1) is 5.10 Å². The van der Waals surface area contributed by atoms with Gasteiger partial charge >= 0.3 is 0 Å². The number of nitrogens with one attached hydrogen (secondary N) is 1. The molecule has 1 N–H and O–H groups in total. The number of ketones is 1. The molecule has 1 saturated heterocycles. The number of hydrogen-bond acceptors (Lipinski definition) is 5. The Labute approximate surface area is 88.5 Å². The van der Waals surface area contributed by atoms with E-state index in [-0.39, 0.29) is 5.78 Å². The monoisotopic (exact) mass is 206 g/mol. The Morgan fingerprint density at radius 3 is 2.87 bits per heavy atom. The summed E-state index contributed by atoms with van der Waals surface area (Å²) in [7, 11) is 0. The highest BCUT2D eigenvalue weighted by atomic mass is 16.1. The molecular formula is C10H14N4O. The number of piperazine rings is 1. The highest BCUT2D eigenvalue weighted by molar-refractivity contribution is 5.98. The molecule has 0 atom stereocenters. The van der Waals surface area contributed by atoms with E-state index in [4.69, 9.17) is 0 Å². The van der Waals surface area contributed by atoms with E-state index in [0.717, 1.165) is 26.2 Å². The number of Topliss-reactive ketones (excluding diaryl/α,β-unsaturated/α-hetero) is 1. The first-order valence-corrected chi connectivity index (χ1v) is 5.07. The number of nitrogens with zero attached hydrogens (tertiary/aromatic N) is 3. The number of anilines is 1. The summed E-state index contributed by atoms with van der Waals surface area (Å²) in [5.74, 6) is 0.755. The molecule has 0 bridgehead atoms. The van der Waals surface area contributed by atoms with Crippen LogP contribution in [0.3, 0.4) is 0 Å². The molecule has 5 heteroatoms. The third-order valence-corrected chi connectivity index (χ3v) is 2.50. The second kappa shape index (κ2) is 4.35. The lowest BCUT2D eigenvalue weighted by Crippen LogP contribution is -2.44. The highest BCUT2D eigenvalue weighted by Gasteiger charge is 2.17. The van der Waals surface area contributed by atoms with E-state index >= 15 is 0 Å². The lowest BCUT2D eigenvalue weighted by molar-refractivity contribution is 0.101. The minimum atomic E-state index is 0.0402. The summed E-state index contributed by atoms with van der Waals surface area (Å²) in [6, 6.07) is 1.73. The van der Waals surface area contributed by atoms with E-state index in [1.165, 1.54) is 0 Å². The van der Waals surface area contributed by atoms with Crippen LogP contribution in [0.4, 0.5) is 5.82 Å². The van der Waals surface area contributed by atoms with Crippen LogP contribution in [0.1, 0.15) is 17.3 Å². The molecule has 15 heavy (non-hydrogen) atoms. The molecule has 0 radical (unpaired) electrons. The van der Waals surface area contributed by atoms with Crippen LogP contribution in [0, 0.1) is 0 Å². The molecule has 1 fully saturated rings. The van der Waals surface area contributed by atoms with E-state index in [1.54, 1.807) is 19.2 Å². The van der Waals surface area contributed by atoms with E-state index in [0.29, 0.717) is 11.4 Å². The molecule has 5 nitrogen and oxygen atoms in total. The first-order chi connectivity index (χ1) is 7.29. The molecule has 0 aromatic carbocycles. The number of hydrogen-bond donors (Lipinski definition) is 1. The maximum absolute atomic E-state index is 11.4. The number of aromatic nitrogens is 2. The molecule has 80 valence electrons. The topological polar surface area (TPSA) is 58.1 Å². The van der Waals surface area contributed by atoms with Crippen LogP contribution in [0.5, 0.6) is 0 Å². The molecule has 1 aromatic rings. The van der Waals surface area contributed by atoms with Crippen molar-refractivity contribution in [3.8, 4) is 0 Å². The molecular weight excluding hydrogens is 192 g/mol. The molecule has 0 unspecified atom stereocenters. The maximum atomic E-state index is 11.4. The van der Waals surface area contributed by atoms with Crippen molar-refractivity contribution in [2.75, 3.05) is 31.1 Å². The standard InChI is InChI=1S/C10H14N4O/c1-8(15)9-2-3-12-13-10(9)14-6-4-11-5-7-14/h2-3,11H,4-7H2,1H3. The average molecular weight is 206 g/mol. The van der Waals surface area contributed by atoms with Gasteiger partial charge in [0.25, 0.3) is 0 Å². The summed E-state index contributed by atoms with van der Waals surface area (Å²) in [5, 5.41) is 11.1. The van der Waals surface area contributed by atoms with Gasteiger partial charge in [-0.1, -0.05) is 0 Å². The fourth-order valence-corrected chi connectivity index (χ4v) is 1.71. The number of carbonyl (C=O) groups excluding carboxylic acids is 1. The molecule has 1 aliphatic heterocycles. The number of carbonyl (C=O) groups is 1. The van der Waals surface area contributed by atoms with E-state index in [2.05, 4.69) is 20.4 Å². The predicted octanol–water partition coefficient (Wildman–Crippen LogP) is 0.0888. The van der Waals surface area contributed by atoms with E-state index in [9.17, 15) is 4.79 Å². The van der Waals surface area contributed by atoms with Crippen LogP contribution in [0.15, 0.2) is 12.3 Å². The van der Waals surface area contributed by atoms with E-state index < -0.39 is 0 Å². The summed E-state index contributed by atoms with van der Waals surface area (Å²) in [5.41, 5.74) is 0.659. The van der Waals surface area contributed by atoms with Crippen molar-refractivity contribution in [3.05, 3.63) is 17.8 Å². The minimum absolute atomic E-state index is 0.0402. The fraction of sp³-hybridized carbons (Fsp3) is 0.500. The largest absolute Gasteiger partial charge is 0.352 e. The van der Waals surface area contributed by atoms with Crippen molar-refractivity contribution in [3.63, 3.8) is 0 Å². The van der Waals surface area contributed by atoms with Gasteiger partial charge in [-0.3, -0.25) is 4.79 Å². The SMILES string of the molecule is CC(=O)c1ccnnc1N1CCNCC1. The zero-order valence-corrected chi connectivity index (χ0v) is 8.73. The molecule has 2 rings (SSSR count). The van der Waals surface area contributed by atoms with Gasteiger partial charge in [-0.2, -0.15) is 5.10 Å². The lowest BCUT2D eigenvalue weighted by Gasteiger charge is -2.28. The van der Waals surface area contributed by atoms with Crippen LogP contribution in [0.2, 0.25) is 0 Å². The Morgan fingerprint density at radius 2 is 2.20 bits per heavy atom. The molecule has 0 amide bonds. The third kappa shape index (κ3) is 2.12. The van der Waals surface area contributed by atoms with Crippen molar-refractivity contribution in [1.29, 1.82) is 0 Å². The summed E-state index contributed by atoms with van der Waals surface area (Å²) in [6.45, 7) is 5.16. The smallest absolute Gasteiger partial charge is 0.163 e. The van der Waals surface area contributed by atoms with Crippen molar-refractivity contribution < 1.29 is 4.79 Å². The average Bonchev–Trinajstić information content (AvgIpc) is 2.30. The van der Waals surface area contributed by atoms with Gasteiger partial charge in [0.2, 0.25) is 0 Å². The summed E-state index contributed by atoms with van der Waals surface area (Å²) in [6.07, 6.45) is 1.56. The molecule has 1 aliphatic rings. The lowest BCUT2D eigenvalue weighted by atomic mass is 10.2. The van der Waals surface area contributed by atoms with Crippen LogP contribution < -0.4 is 10.2 Å². The van der Waals surface area contributed by atoms with Gasteiger partial charge in [0.1, 0.15) is 0 Å². The van der Waals surface area contributed by atoms with E-state index in [1.807, 2.05) is 0 Å². The zero-order chi connectivity index (χ0) is 10.7. The van der Waals surface area contributed by atoms with Gasteiger partial charge in [0, 0.05) is 26.2 Å². The fourth-order valence-electron chi connectivity index (χ4n) is 1.71. The Morgan fingerprint density at radius 1 is 1.47 bits per heavy atom. The van der Waals surface area contributed by atoms with Gasteiger partial charge in [-0.25, -0.2) is 0 Å². The van der Waals surface area contributed by atoms with Crippen LogP contribution in [0.25, 0.3) is 0 Å². The van der Waals surface area contributed by atoms with Crippen molar-refractivity contribution in [2.45, 2.75) is 6.92 Å². The molecule has 0 aliphatic carbocycles. The third-order valence-electron chi connectivity index (χ3n) is 2.50. The number of rotatable bonds is 2. The summed E-state index contributed by atoms with van der Waals surface area (Å²) >= 11 is 0. The first kappa shape index (κ1) is 10.0. The van der Waals surface area contributed by atoms with Gasteiger partial charge in [0.15, 0.2) is 11.6 Å². The van der Waals surface area contributed by atoms with Crippen molar-refractivity contribution in [2.24, 2.45) is 0 Å². The summed E-state index contributed by atoms with van der Waals surface area (Å²) < 4.78 is 0. The summed E-state index contributed by atoms with van der Waals surface area (Å²) in [4.78, 5) is 13.5. The Kier molecular flexibility index (Phi) is 2.91. The Hall–Kier alpha value is -1.49. The zero-order valence-electron chi connectivity index (χ0n) is 8.73. The van der Waals surface area contributed by atoms with Crippen LogP contribution in [-0.2, 0) is 0 Å². The second-order valence-electron chi connectivity index (χ2n) is 3.56. The Balaban J connectivity index is 2.29. The quantitative estimate of drug-likeness (QED) is 0.695. The van der Waals surface area contributed by atoms with Crippen molar-refractivity contribution in [1.82, 2.24) is 15.5 Å². The van der Waals surface area contributed by atoms with Gasteiger partial charge < -0.3 is 10.2 Å². The van der Waals surface area contributed by atoms with Gasteiger partial charge in [-0.05, 0) is 13.0 Å². The second-order valence-corrected chi connectivity index (χ2v) is 3.56. The molecule has 2 heterocycles. The van der Waals surface area contributed by atoms with Gasteiger partial charge in [0.05, 0.1) is 11.8 Å². The van der Waals surface area contributed by atoms with Crippen LogP contribution >= 0.6 is 0 Å². The maximum Gasteiger partial charge on any atom is 0.163 e. The molecule has 0 spiro atoms. The minimum Gasteiger partial charge on any atom is -0.352 e.